The third-order valence-electron chi connectivity index (χ3n) is 14.1. The molecule has 7 aromatic rings. The number of aryl methyl sites for hydroxylation is 2. The Kier molecular flexibility index (Phi) is 19.4. The SMILES string of the molecule is CCCCCCCCc1cc(-c2cc3c(s2)c2sc4c5sc(-c6cc(CCCCCC)c(C=C(C#N)C#N)s6)cc5n(CC(CC)CCCC)c4c2n3CC(CC)CCCC)sc1C=C(C#N)C#N. The van der Waals surface area contributed by atoms with E-state index in [0.29, 0.717) is 11.8 Å². The number of rotatable bonds is 28. The second kappa shape index (κ2) is 25.6. The highest BCUT2D eigenvalue weighted by Gasteiger charge is 2.28. The Labute approximate surface area is 431 Å². The van der Waals surface area contributed by atoms with Crippen molar-refractivity contribution in [1.82, 2.24) is 9.13 Å². The molecule has 0 amide bonds. The highest BCUT2D eigenvalue weighted by atomic mass is 32.1. The van der Waals surface area contributed by atoms with Crippen LogP contribution in [0.3, 0.4) is 0 Å². The molecule has 2 unspecified atom stereocenters. The van der Waals surface area contributed by atoms with Crippen LogP contribution in [0.25, 0.3) is 72.5 Å². The van der Waals surface area contributed by atoms with Gasteiger partial charge in [-0.25, -0.2) is 0 Å². The van der Waals surface area contributed by atoms with Crippen LogP contribution in [0.1, 0.15) is 178 Å². The van der Waals surface area contributed by atoms with Crippen LogP contribution in [0, 0.1) is 57.2 Å². The van der Waals surface area contributed by atoms with Crippen molar-refractivity contribution in [2.24, 2.45) is 11.8 Å². The van der Waals surface area contributed by atoms with Crippen LogP contribution >= 0.6 is 56.7 Å². The molecule has 362 valence electrons. The monoisotopic (exact) mass is 1010 g/mol. The molecule has 0 aliphatic carbocycles. The summed E-state index contributed by atoms with van der Waals surface area (Å²) in [7, 11) is 0. The van der Waals surface area contributed by atoms with Gasteiger partial charge in [0.25, 0.3) is 0 Å². The molecule has 69 heavy (non-hydrogen) atoms. The average molecular weight is 1010 g/mol. The smallest absolute Gasteiger partial charge is 0.131 e. The Morgan fingerprint density at radius 1 is 0.464 bits per heavy atom. The number of nitriles is 4. The molecule has 0 fully saturated rings. The quantitative estimate of drug-likeness (QED) is 0.0360. The number of nitrogens with zero attached hydrogens (tertiary/aromatic N) is 6. The van der Waals surface area contributed by atoms with Crippen LogP contribution in [0.15, 0.2) is 35.4 Å². The molecular weight excluding hydrogens is 941 g/mol. The van der Waals surface area contributed by atoms with Crippen LogP contribution in [0.5, 0.6) is 0 Å². The van der Waals surface area contributed by atoms with Crippen molar-refractivity contribution >= 4 is 110 Å². The average Bonchev–Trinajstić information content (AvgIpc) is 4.24. The van der Waals surface area contributed by atoms with Crippen molar-refractivity contribution in [3.05, 3.63) is 56.3 Å². The molecule has 0 radical (unpaired) electrons. The zero-order valence-electron chi connectivity index (χ0n) is 41.9. The maximum absolute atomic E-state index is 9.77. The summed E-state index contributed by atoms with van der Waals surface area (Å²) in [6.07, 6.45) is 27.2. The van der Waals surface area contributed by atoms with Gasteiger partial charge in [0.05, 0.1) is 40.9 Å². The van der Waals surface area contributed by atoms with Gasteiger partial charge < -0.3 is 9.13 Å². The van der Waals surface area contributed by atoms with E-state index >= 15 is 0 Å². The van der Waals surface area contributed by atoms with Crippen LogP contribution in [-0.4, -0.2) is 9.13 Å². The van der Waals surface area contributed by atoms with Gasteiger partial charge in [-0.1, -0.05) is 131 Å². The van der Waals surface area contributed by atoms with E-state index in [2.05, 4.69) is 99.2 Å². The Bertz CT molecular complexity index is 3030. The summed E-state index contributed by atoms with van der Waals surface area (Å²) in [6.45, 7) is 15.8. The summed E-state index contributed by atoms with van der Waals surface area (Å²) < 4.78 is 11.0. The Morgan fingerprint density at radius 3 is 1.23 bits per heavy atom. The zero-order valence-corrected chi connectivity index (χ0v) is 46.0. The molecule has 0 aromatic carbocycles. The van der Waals surface area contributed by atoms with Crippen LogP contribution in [-0.2, 0) is 25.9 Å². The second-order valence-electron chi connectivity index (χ2n) is 19.1. The first-order chi connectivity index (χ1) is 33.8. The summed E-state index contributed by atoms with van der Waals surface area (Å²) >= 11 is 9.29. The normalized spacial score (nSPS) is 12.4. The molecule has 7 aromatic heterocycles. The maximum atomic E-state index is 9.77. The number of allylic oxidation sites excluding steroid dienone is 2. The molecule has 7 rings (SSSR count). The minimum atomic E-state index is 0.159. The molecule has 0 saturated carbocycles. The molecule has 2 atom stereocenters. The zero-order chi connectivity index (χ0) is 48.9. The van der Waals surface area contributed by atoms with Gasteiger partial charge in [-0.05, 0) is 97.9 Å². The highest BCUT2D eigenvalue weighted by molar-refractivity contribution is 7.36. The molecular formula is C58H70N6S5. The Hall–Kier alpha value is -4.46. The predicted octanol–water partition coefficient (Wildman–Crippen LogP) is 19.9. The first kappa shape index (κ1) is 52.4. The minimum absolute atomic E-state index is 0.159. The van der Waals surface area contributed by atoms with E-state index in [9.17, 15) is 21.0 Å². The summed E-state index contributed by atoms with van der Waals surface area (Å²) in [5, 5.41) is 39.0. The maximum Gasteiger partial charge on any atom is 0.131 e. The number of aromatic nitrogens is 2. The van der Waals surface area contributed by atoms with Gasteiger partial charge in [0.15, 0.2) is 0 Å². The van der Waals surface area contributed by atoms with E-state index in [1.54, 1.807) is 22.7 Å². The first-order valence-corrected chi connectivity index (χ1v) is 30.2. The van der Waals surface area contributed by atoms with E-state index in [-0.39, 0.29) is 11.1 Å². The van der Waals surface area contributed by atoms with Crippen molar-refractivity contribution < 1.29 is 0 Å². The molecule has 0 aliphatic rings. The van der Waals surface area contributed by atoms with Crippen LogP contribution in [0.4, 0.5) is 0 Å². The molecule has 0 aliphatic heterocycles. The highest BCUT2D eigenvalue weighted by Crippen LogP contribution is 2.53. The molecule has 7 heterocycles. The van der Waals surface area contributed by atoms with Crippen LogP contribution < -0.4 is 0 Å². The first-order valence-electron chi connectivity index (χ1n) is 26.1. The summed E-state index contributed by atoms with van der Waals surface area (Å²) in [6, 6.07) is 18.1. The standard InChI is InChI=1S/C58H70N6S5/c1-7-13-17-19-20-22-26-44-30-50(66-48(44)28-42(35-61)36-62)52-32-46-56(68-52)58-54(64(46)38-40(12-6)24-16-10-4)53-57(69-58)55-45(63(53)37-39(11-5)23-15-9-3)31-51(67-55)49-29-43(25-21-18-14-8-2)47(65-49)27-41(33-59)34-60/h27-32,39-40H,7-26,37-38H2,1-6H3. The fourth-order valence-electron chi connectivity index (χ4n) is 9.97. The van der Waals surface area contributed by atoms with E-state index in [1.165, 1.54) is 161 Å². The number of unbranched alkanes of at least 4 members (excludes halogenated alkanes) is 10. The second-order valence-corrected chi connectivity index (χ2v) is 24.3. The van der Waals surface area contributed by atoms with Gasteiger partial charge in [0.2, 0.25) is 0 Å². The summed E-state index contributed by atoms with van der Waals surface area (Å²) in [5.74, 6) is 1.15. The van der Waals surface area contributed by atoms with E-state index in [0.717, 1.165) is 61.4 Å². The fraction of sp³-hybridized carbons (Fsp3) is 0.517. The number of hydrogen-bond donors (Lipinski definition) is 0. The molecule has 11 heteroatoms. The number of hydrogen-bond acceptors (Lipinski definition) is 9. The minimum Gasteiger partial charge on any atom is -0.337 e. The summed E-state index contributed by atoms with van der Waals surface area (Å²) in [5.41, 5.74) is 8.28. The molecule has 0 bridgehead atoms. The lowest BCUT2D eigenvalue weighted by molar-refractivity contribution is 0.398. The van der Waals surface area contributed by atoms with E-state index in [1.807, 2.05) is 46.2 Å². The predicted molar refractivity (Wildman–Crippen MR) is 303 cm³/mol. The topological polar surface area (TPSA) is 105 Å². The van der Waals surface area contributed by atoms with Crippen LogP contribution in [0.2, 0.25) is 0 Å². The Morgan fingerprint density at radius 2 is 0.841 bits per heavy atom. The van der Waals surface area contributed by atoms with E-state index < -0.39 is 0 Å². The third-order valence-corrected chi connectivity index (χ3v) is 20.5. The van der Waals surface area contributed by atoms with Crippen molar-refractivity contribution in [3.63, 3.8) is 0 Å². The molecule has 6 nitrogen and oxygen atoms in total. The molecule has 0 N–H and O–H groups in total. The lowest BCUT2D eigenvalue weighted by atomic mass is 9.99. The fourth-order valence-corrected chi connectivity index (χ4v) is 16.3. The molecule has 0 spiro atoms. The van der Waals surface area contributed by atoms with Crippen molar-refractivity contribution in [1.29, 1.82) is 21.0 Å². The van der Waals surface area contributed by atoms with Gasteiger partial charge in [-0.3, -0.25) is 0 Å². The number of fused-ring (bicyclic) bond motifs is 7. The largest absolute Gasteiger partial charge is 0.337 e. The van der Waals surface area contributed by atoms with E-state index in [4.69, 9.17) is 0 Å². The van der Waals surface area contributed by atoms with Gasteiger partial charge in [-0.15, -0.1) is 56.7 Å². The van der Waals surface area contributed by atoms with Crippen molar-refractivity contribution in [2.75, 3.05) is 0 Å². The molecule has 0 saturated heterocycles. The van der Waals surface area contributed by atoms with Gasteiger partial charge in [-0.2, -0.15) is 21.0 Å². The third kappa shape index (κ3) is 12.0. The van der Waals surface area contributed by atoms with Gasteiger partial charge >= 0.3 is 0 Å². The number of thiophene rings is 5. The lowest BCUT2D eigenvalue weighted by Gasteiger charge is -2.19. The van der Waals surface area contributed by atoms with Gasteiger partial charge in [0, 0.05) is 42.4 Å². The van der Waals surface area contributed by atoms with Crippen molar-refractivity contribution in [3.8, 4) is 43.8 Å². The van der Waals surface area contributed by atoms with Gasteiger partial charge in [0.1, 0.15) is 35.4 Å². The van der Waals surface area contributed by atoms with Crippen molar-refractivity contribution in [2.45, 2.75) is 183 Å². The Balaban J connectivity index is 1.41. The summed E-state index contributed by atoms with van der Waals surface area (Å²) in [4.78, 5) is 7.05. The lowest BCUT2D eigenvalue weighted by Crippen LogP contribution is -2.12.